The van der Waals surface area contributed by atoms with Crippen LogP contribution >= 0.6 is 0 Å². The molecular weight excluding hydrogens is 279 g/mol. The minimum absolute atomic E-state index is 0.128. The van der Waals surface area contributed by atoms with E-state index in [0.717, 1.165) is 6.07 Å². The fraction of sp³-hybridized carbons (Fsp3) is 0.462. The van der Waals surface area contributed by atoms with Crippen LogP contribution in [0.4, 0.5) is 15.8 Å². The number of hydrazine groups is 1. The summed E-state index contributed by atoms with van der Waals surface area (Å²) in [5.74, 6) is 3.76. The molecule has 3 N–H and O–H groups in total. The number of carbonyl (C=O) groups excluding carboxylic acids is 1. The second kappa shape index (κ2) is 6.98. The van der Waals surface area contributed by atoms with Crippen molar-refractivity contribution in [3.05, 3.63) is 33.6 Å². The molecule has 0 unspecified atom stereocenters. The van der Waals surface area contributed by atoms with Crippen LogP contribution in [0.25, 0.3) is 0 Å². The average molecular weight is 298 g/mol. The smallest absolute Gasteiger partial charge is 0.285 e. The first kappa shape index (κ1) is 16.8. The Labute approximate surface area is 122 Å². The summed E-state index contributed by atoms with van der Waals surface area (Å²) in [6.45, 7) is 5.97. The van der Waals surface area contributed by atoms with Gasteiger partial charge in [0.25, 0.3) is 11.6 Å². The molecule has 21 heavy (non-hydrogen) atoms. The fourth-order valence-electron chi connectivity index (χ4n) is 1.99. The molecule has 0 aliphatic carbocycles. The summed E-state index contributed by atoms with van der Waals surface area (Å²) in [6, 6.07) is 1.64. The summed E-state index contributed by atoms with van der Waals surface area (Å²) in [5, 5.41) is 11.0. The maximum absolute atomic E-state index is 13.6. The number of hydrogen-bond acceptors (Lipinski definition) is 5. The van der Waals surface area contributed by atoms with Gasteiger partial charge in [0, 0.05) is 12.6 Å². The minimum atomic E-state index is -0.882. The number of nitro benzene ring substituents is 1. The predicted octanol–water partition coefficient (Wildman–Crippen LogP) is 2.28. The van der Waals surface area contributed by atoms with E-state index in [1.807, 2.05) is 20.8 Å². The molecule has 116 valence electrons. The summed E-state index contributed by atoms with van der Waals surface area (Å²) in [7, 11) is 0. The Hall–Kier alpha value is -2.22. The zero-order valence-electron chi connectivity index (χ0n) is 12.2. The van der Waals surface area contributed by atoms with Crippen LogP contribution in [-0.4, -0.2) is 28.3 Å². The van der Waals surface area contributed by atoms with Crippen LogP contribution in [0.2, 0.25) is 0 Å². The van der Waals surface area contributed by atoms with E-state index in [0.29, 0.717) is 19.0 Å². The van der Waals surface area contributed by atoms with E-state index >= 15 is 0 Å². The number of nitrogens with two attached hydrogens (primary N) is 1. The van der Waals surface area contributed by atoms with E-state index in [-0.39, 0.29) is 17.3 Å². The van der Waals surface area contributed by atoms with E-state index in [4.69, 9.17) is 5.84 Å². The van der Waals surface area contributed by atoms with Gasteiger partial charge in [-0.05, 0) is 26.3 Å². The maximum atomic E-state index is 13.6. The number of halogens is 1. The monoisotopic (exact) mass is 298 g/mol. The number of nitrogen functional groups attached to an aromatic ring is 1. The van der Waals surface area contributed by atoms with E-state index < -0.39 is 22.3 Å². The highest BCUT2D eigenvalue weighted by atomic mass is 19.1. The van der Waals surface area contributed by atoms with Crippen molar-refractivity contribution in [3.8, 4) is 0 Å². The number of carbonyl (C=O) groups is 1. The minimum Gasteiger partial charge on any atom is -0.336 e. The maximum Gasteiger partial charge on any atom is 0.285 e. The van der Waals surface area contributed by atoms with E-state index in [9.17, 15) is 19.3 Å². The quantitative estimate of drug-likeness (QED) is 0.476. The number of amides is 1. The molecule has 0 aliphatic heterocycles. The highest BCUT2D eigenvalue weighted by molar-refractivity contribution is 5.99. The summed E-state index contributed by atoms with van der Waals surface area (Å²) in [6.07, 6.45) is 0.709. The highest BCUT2D eigenvalue weighted by Crippen LogP contribution is 2.27. The van der Waals surface area contributed by atoms with Crippen molar-refractivity contribution in [2.24, 2.45) is 5.84 Å². The third-order valence-electron chi connectivity index (χ3n) is 3.02. The molecule has 1 rings (SSSR count). The zero-order chi connectivity index (χ0) is 16.2. The van der Waals surface area contributed by atoms with Crippen LogP contribution in [-0.2, 0) is 0 Å². The molecule has 7 nitrogen and oxygen atoms in total. The lowest BCUT2D eigenvalue weighted by Crippen LogP contribution is -2.38. The lowest BCUT2D eigenvalue weighted by atomic mass is 10.1. The molecule has 0 heterocycles. The van der Waals surface area contributed by atoms with Crippen molar-refractivity contribution < 1.29 is 14.1 Å². The molecule has 0 saturated heterocycles. The fourth-order valence-corrected chi connectivity index (χ4v) is 1.99. The van der Waals surface area contributed by atoms with Crippen molar-refractivity contribution in [1.29, 1.82) is 0 Å². The third kappa shape index (κ3) is 3.66. The molecule has 0 radical (unpaired) electrons. The van der Waals surface area contributed by atoms with Crippen LogP contribution in [0.3, 0.4) is 0 Å². The summed E-state index contributed by atoms with van der Waals surface area (Å²) in [4.78, 5) is 24.3. The van der Waals surface area contributed by atoms with Gasteiger partial charge in [-0.25, -0.2) is 4.39 Å². The van der Waals surface area contributed by atoms with Crippen molar-refractivity contribution in [1.82, 2.24) is 4.90 Å². The molecule has 0 bridgehead atoms. The Kier molecular flexibility index (Phi) is 5.60. The molecule has 0 spiro atoms. The number of anilines is 1. The molecule has 1 amide bonds. The molecule has 0 saturated carbocycles. The SMILES string of the molecule is CCCN(C(=O)c1cc(NN)c(F)cc1[N+](=O)[O-])C(C)C. The zero-order valence-corrected chi connectivity index (χ0v) is 12.2. The van der Waals surface area contributed by atoms with Gasteiger partial charge in [0.2, 0.25) is 0 Å². The van der Waals surface area contributed by atoms with E-state index in [1.54, 1.807) is 0 Å². The number of nitrogens with one attached hydrogen (secondary N) is 1. The van der Waals surface area contributed by atoms with Crippen LogP contribution in [0.5, 0.6) is 0 Å². The molecule has 0 aromatic heterocycles. The predicted molar refractivity (Wildman–Crippen MR) is 77.3 cm³/mol. The number of rotatable bonds is 6. The Morgan fingerprint density at radius 2 is 2.14 bits per heavy atom. The number of benzene rings is 1. The Balaban J connectivity index is 3.38. The second-order valence-electron chi connectivity index (χ2n) is 4.84. The molecule has 0 atom stereocenters. The first-order valence-electron chi connectivity index (χ1n) is 6.59. The van der Waals surface area contributed by atoms with Crippen LogP contribution in [0.1, 0.15) is 37.6 Å². The van der Waals surface area contributed by atoms with Gasteiger partial charge in [0.05, 0.1) is 16.7 Å². The van der Waals surface area contributed by atoms with Crippen molar-refractivity contribution in [2.75, 3.05) is 12.0 Å². The second-order valence-corrected chi connectivity index (χ2v) is 4.84. The normalized spacial score (nSPS) is 10.6. The Morgan fingerprint density at radius 1 is 1.52 bits per heavy atom. The molecular formula is C13H19FN4O3. The average Bonchev–Trinajstić information content (AvgIpc) is 2.43. The van der Waals surface area contributed by atoms with Gasteiger partial charge in [0.15, 0.2) is 5.82 Å². The first-order chi connectivity index (χ1) is 9.83. The summed E-state index contributed by atoms with van der Waals surface area (Å²) >= 11 is 0. The van der Waals surface area contributed by atoms with Crippen molar-refractivity contribution in [3.63, 3.8) is 0 Å². The summed E-state index contributed by atoms with van der Waals surface area (Å²) in [5.41, 5.74) is 1.17. The largest absolute Gasteiger partial charge is 0.336 e. The Morgan fingerprint density at radius 3 is 2.57 bits per heavy atom. The third-order valence-corrected chi connectivity index (χ3v) is 3.02. The van der Waals surface area contributed by atoms with Crippen molar-refractivity contribution >= 4 is 17.3 Å². The van der Waals surface area contributed by atoms with Gasteiger partial charge >= 0.3 is 0 Å². The van der Waals surface area contributed by atoms with E-state index in [2.05, 4.69) is 5.43 Å². The number of nitrogens with zero attached hydrogens (tertiary/aromatic N) is 2. The van der Waals surface area contributed by atoms with Gasteiger partial charge in [0.1, 0.15) is 5.56 Å². The van der Waals surface area contributed by atoms with Crippen LogP contribution in [0, 0.1) is 15.9 Å². The molecule has 8 heteroatoms. The van der Waals surface area contributed by atoms with Gasteiger partial charge in [-0.2, -0.15) is 0 Å². The molecule has 1 aromatic rings. The van der Waals surface area contributed by atoms with Gasteiger partial charge in [-0.1, -0.05) is 6.92 Å². The highest BCUT2D eigenvalue weighted by Gasteiger charge is 2.28. The standard InChI is InChI=1S/C13H19FN4O3/c1-4-5-17(8(2)3)13(19)9-6-11(16-15)10(14)7-12(9)18(20)21/h6-8,16H,4-5,15H2,1-3H3. The van der Waals surface area contributed by atoms with Crippen molar-refractivity contribution in [2.45, 2.75) is 33.2 Å². The van der Waals surface area contributed by atoms with Crippen LogP contribution in [0.15, 0.2) is 12.1 Å². The molecule has 0 aliphatic rings. The lowest BCUT2D eigenvalue weighted by molar-refractivity contribution is -0.385. The Bertz CT molecular complexity index is 548. The number of hydrogen-bond donors (Lipinski definition) is 2. The summed E-state index contributed by atoms with van der Waals surface area (Å²) < 4.78 is 13.6. The van der Waals surface area contributed by atoms with Gasteiger partial charge in [-0.15, -0.1) is 0 Å². The topological polar surface area (TPSA) is 102 Å². The molecule has 1 aromatic carbocycles. The number of nitro groups is 1. The van der Waals surface area contributed by atoms with Gasteiger partial charge < -0.3 is 10.3 Å². The lowest BCUT2D eigenvalue weighted by Gasteiger charge is -2.26. The van der Waals surface area contributed by atoms with Crippen LogP contribution < -0.4 is 11.3 Å². The van der Waals surface area contributed by atoms with E-state index in [1.165, 1.54) is 4.90 Å². The molecule has 0 fully saturated rings. The van der Waals surface area contributed by atoms with Gasteiger partial charge in [-0.3, -0.25) is 20.8 Å². The first-order valence-corrected chi connectivity index (χ1v) is 6.59.